The van der Waals surface area contributed by atoms with Crippen molar-refractivity contribution in [2.45, 2.75) is 0 Å². The molecule has 0 aromatic heterocycles. The largest absolute Gasteiger partial charge is 0.497 e. The molecule has 0 atom stereocenters. The fraction of sp³-hybridized carbons (Fsp3) is 0.167. The average Bonchev–Trinajstić information content (AvgIpc) is 2.29. The maximum atomic E-state index is 11.6. The van der Waals surface area contributed by atoms with Gasteiger partial charge in [0.25, 0.3) is 0 Å². The van der Waals surface area contributed by atoms with Crippen LogP contribution < -0.4 is 9.47 Å². The third-order valence-corrected chi connectivity index (χ3v) is 2.36. The smallest absolute Gasteiger partial charge is 0.186 e. The summed E-state index contributed by atoms with van der Waals surface area (Å²) in [5, 5.41) is 13.0. The van der Waals surface area contributed by atoms with Gasteiger partial charge < -0.3 is 9.47 Å². The Hall–Kier alpha value is -1.90. The van der Waals surface area contributed by atoms with E-state index in [4.69, 9.17) is 9.47 Å². The highest BCUT2D eigenvalue weighted by Gasteiger charge is 2.07. The molecule has 0 unspecified atom stereocenters. The third kappa shape index (κ3) is 1.56. The first-order valence-electron chi connectivity index (χ1n) is 4.58. The van der Waals surface area contributed by atoms with E-state index in [9.17, 15) is 5.11 Å². The molecule has 2 aromatic rings. The predicted octanol–water partition coefficient (Wildman–Crippen LogP) is 3.00. The van der Waals surface area contributed by atoms with Crippen molar-refractivity contribution in [3.8, 4) is 17.2 Å². The standard InChI is InChI=1S/C12H11O3/c1-14-8-3-4-9-10(7-8)11(13)5-6-12(9)15-2/h3-7H,1-2H3. The van der Waals surface area contributed by atoms with Gasteiger partial charge in [-0.15, -0.1) is 0 Å². The van der Waals surface area contributed by atoms with Gasteiger partial charge >= 0.3 is 0 Å². The van der Waals surface area contributed by atoms with Gasteiger partial charge in [0.2, 0.25) is 0 Å². The molecule has 15 heavy (non-hydrogen) atoms. The summed E-state index contributed by atoms with van der Waals surface area (Å²) in [6, 6.07) is 8.54. The minimum absolute atomic E-state index is 0.0234. The van der Waals surface area contributed by atoms with Gasteiger partial charge in [0, 0.05) is 10.8 Å². The van der Waals surface area contributed by atoms with Gasteiger partial charge in [-0.25, -0.2) is 0 Å². The van der Waals surface area contributed by atoms with E-state index in [-0.39, 0.29) is 5.75 Å². The second-order valence-electron chi connectivity index (χ2n) is 3.18. The summed E-state index contributed by atoms with van der Waals surface area (Å²) in [6.07, 6.45) is 0. The highest BCUT2D eigenvalue weighted by Crippen LogP contribution is 2.34. The average molecular weight is 203 g/mol. The molecule has 3 nitrogen and oxygen atoms in total. The van der Waals surface area contributed by atoms with Crippen LogP contribution in [0, 0.1) is 0 Å². The molecule has 0 heterocycles. The maximum absolute atomic E-state index is 11.6. The van der Waals surface area contributed by atoms with Crippen LogP contribution in [0.15, 0.2) is 30.3 Å². The Morgan fingerprint density at radius 2 is 1.73 bits per heavy atom. The Bertz CT molecular complexity index is 491. The molecule has 0 spiro atoms. The Balaban J connectivity index is 2.75. The lowest BCUT2D eigenvalue weighted by Gasteiger charge is -2.07. The van der Waals surface area contributed by atoms with Crippen molar-refractivity contribution in [2.75, 3.05) is 14.2 Å². The Kier molecular flexibility index (Phi) is 2.37. The van der Waals surface area contributed by atoms with E-state index < -0.39 is 0 Å². The highest BCUT2D eigenvalue weighted by molar-refractivity contribution is 5.93. The molecule has 3 heteroatoms. The van der Waals surface area contributed by atoms with Gasteiger partial charge in [0.1, 0.15) is 11.5 Å². The zero-order valence-corrected chi connectivity index (χ0v) is 8.61. The molecule has 0 aliphatic rings. The minimum Gasteiger partial charge on any atom is -0.497 e. The van der Waals surface area contributed by atoms with Crippen LogP contribution in [0.25, 0.3) is 10.8 Å². The van der Waals surface area contributed by atoms with Crippen molar-refractivity contribution in [1.29, 1.82) is 0 Å². The molecule has 0 aliphatic heterocycles. The van der Waals surface area contributed by atoms with Crippen molar-refractivity contribution in [2.24, 2.45) is 0 Å². The van der Waals surface area contributed by atoms with Crippen LogP contribution in [0.3, 0.4) is 0 Å². The number of ether oxygens (including phenoxy) is 2. The molecule has 0 amide bonds. The quantitative estimate of drug-likeness (QED) is 0.752. The van der Waals surface area contributed by atoms with E-state index in [1.165, 1.54) is 6.07 Å². The molecule has 2 aromatic carbocycles. The fourth-order valence-electron chi connectivity index (χ4n) is 1.58. The Labute approximate surface area is 87.9 Å². The van der Waals surface area contributed by atoms with Crippen LogP contribution >= 0.6 is 0 Å². The number of hydrogen-bond donors (Lipinski definition) is 0. The summed E-state index contributed by atoms with van der Waals surface area (Å²) in [5.74, 6) is 1.35. The van der Waals surface area contributed by atoms with Crippen LogP contribution in [-0.2, 0) is 5.11 Å². The molecule has 0 saturated carbocycles. The van der Waals surface area contributed by atoms with Gasteiger partial charge in [-0.1, -0.05) is 0 Å². The topological polar surface area (TPSA) is 38.4 Å². The molecular formula is C12H11O3. The summed E-state index contributed by atoms with van der Waals surface area (Å²) >= 11 is 0. The molecule has 0 N–H and O–H groups in total. The fourth-order valence-corrected chi connectivity index (χ4v) is 1.58. The summed E-state index contributed by atoms with van der Waals surface area (Å²) in [7, 11) is 3.16. The zero-order chi connectivity index (χ0) is 10.8. The van der Waals surface area contributed by atoms with Gasteiger partial charge in [-0.3, -0.25) is 5.11 Å². The molecule has 77 valence electrons. The number of methoxy groups -OCH3 is 2. The van der Waals surface area contributed by atoms with E-state index >= 15 is 0 Å². The third-order valence-electron chi connectivity index (χ3n) is 2.36. The van der Waals surface area contributed by atoms with Crippen molar-refractivity contribution >= 4 is 10.8 Å². The second kappa shape index (κ2) is 3.69. The molecule has 2 rings (SSSR count). The Morgan fingerprint density at radius 3 is 2.40 bits per heavy atom. The van der Waals surface area contributed by atoms with Gasteiger partial charge in [-0.2, -0.15) is 0 Å². The number of fused-ring (bicyclic) bond motifs is 1. The predicted molar refractivity (Wildman–Crippen MR) is 57.2 cm³/mol. The first kappa shape index (κ1) is 9.65. The van der Waals surface area contributed by atoms with E-state index in [0.29, 0.717) is 16.9 Å². The van der Waals surface area contributed by atoms with Crippen molar-refractivity contribution in [1.82, 2.24) is 0 Å². The van der Waals surface area contributed by atoms with E-state index in [1.807, 2.05) is 12.1 Å². The lowest BCUT2D eigenvalue weighted by Crippen LogP contribution is -1.86. The minimum atomic E-state index is -0.0234. The van der Waals surface area contributed by atoms with Gasteiger partial charge in [0.15, 0.2) is 5.75 Å². The first-order chi connectivity index (χ1) is 7.26. The van der Waals surface area contributed by atoms with Crippen LogP contribution in [0.4, 0.5) is 0 Å². The second-order valence-corrected chi connectivity index (χ2v) is 3.18. The highest BCUT2D eigenvalue weighted by atomic mass is 16.5. The van der Waals surface area contributed by atoms with Gasteiger partial charge in [-0.05, 0) is 30.3 Å². The monoisotopic (exact) mass is 203 g/mol. The lowest BCUT2D eigenvalue weighted by molar-refractivity contribution is 0.358. The summed E-state index contributed by atoms with van der Waals surface area (Å²) in [6.45, 7) is 0. The summed E-state index contributed by atoms with van der Waals surface area (Å²) in [4.78, 5) is 0. The van der Waals surface area contributed by atoms with Gasteiger partial charge in [0.05, 0.1) is 14.2 Å². The molecular weight excluding hydrogens is 192 g/mol. The number of benzene rings is 2. The number of hydrogen-bond acceptors (Lipinski definition) is 2. The molecule has 0 bridgehead atoms. The molecule has 1 radical (unpaired) electrons. The van der Waals surface area contributed by atoms with Crippen molar-refractivity contribution < 1.29 is 14.6 Å². The zero-order valence-electron chi connectivity index (χ0n) is 8.61. The molecule has 0 aliphatic carbocycles. The lowest BCUT2D eigenvalue weighted by atomic mass is 10.1. The molecule has 0 fully saturated rings. The van der Waals surface area contributed by atoms with E-state index in [2.05, 4.69) is 0 Å². The van der Waals surface area contributed by atoms with E-state index in [1.54, 1.807) is 26.4 Å². The van der Waals surface area contributed by atoms with Crippen LogP contribution in [0.2, 0.25) is 0 Å². The number of rotatable bonds is 2. The molecule has 0 saturated heterocycles. The summed E-state index contributed by atoms with van der Waals surface area (Å²) in [5.41, 5.74) is 0. The summed E-state index contributed by atoms with van der Waals surface area (Å²) < 4.78 is 10.2. The van der Waals surface area contributed by atoms with E-state index in [0.717, 1.165) is 5.39 Å². The van der Waals surface area contributed by atoms with Crippen LogP contribution in [-0.4, -0.2) is 14.2 Å². The van der Waals surface area contributed by atoms with Crippen molar-refractivity contribution in [3.05, 3.63) is 30.3 Å². The first-order valence-corrected chi connectivity index (χ1v) is 4.58. The van der Waals surface area contributed by atoms with Crippen LogP contribution in [0.5, 0.6) is 17.2 Å². The SMILES string of the molecule is COc1ccc2c(OC)ccc([O])c2c1. The maximum Gasteiger partial charge on any atom is 0.186 e. The normalized spacial score (nSPS) is 10.3. The Morgan fingerprint density at radius 1 is 0.933 bits per heavy atom. The van der Waals surface area contributed by atoms with Crippen molar-refractivity contribution in [3.63, 3.8) is 0 Å². The van der Waals surface area contributed by atoms with Crippen LogP contribution in [0.1, 0.15) is 0 Å².